The Labute approximate surface area is 187 Å². The van der Waals surface area contributed by atoms with Gasteiger partial charge >= 0.3 is 6.18 Å². The van der Waals surface area contributed by atoms with Crippen LogP contribution >= 0.6 is 0 Å². The van der Waals surface area contributed by atoms with Crippen LogP contribution in [-0.2, 0) is 19.8 Å². The van der Waals surface area contributed by atoms with E-state index >= 15 is 0 Å². The minimum Gasteiger partial charge on any atom is -0.488 e. The molecule has 0 spiro atoms. The Morgan fingerprint density at radius 2 is 1.91 bits per heavy atom. The molecule has 0 fully saturated rings. The number of aromatic nitrogens is 4. The molecule has 10 heteroatoms. The number of pyridine rings is 2. The van der Waals surface area contributed by atoms with Crippen molar-refractivity contribution in [1.82, 2.24) is 19.5 Å². The highest BCUT2D eigenvalue weighted by Crippen LogP contribution is 2.39. The molecule has 33 heavy (non-hydrogen) atoms. The summed E-state index contributed by atoms with van der Waals surface area (Å²) < 4.78 is 48.8. The second-order valence-corrected chi connectivity index (χ2v) is 7.61. The van der Waals surface area contributed by atoms with Crippen LogP contribution in [0.4, 0.5) is 19.0 Å². The van der Waals surface area contributed by atoms with Gasteiger partial charge < -0.3 is 14.2 Å². The Hall–Kier alpha value is -4.13. The molecule has 3 heterocycles. The van der Waals surface area contributed by atoms with Crippen LogP contribution in [0.25, 0.3) is 22.3 Å². The van der Waals surface area contributed by atoms with Gasteiger partial charge in [-0.05, 0) is 42.0 Å². The van der Waals surface area contributed by atoms with Crippen molar-refractivity contribution in [3.05, 3.63) is 65.7 Å². The van der Waals surface area contributed by atoms with Crippen molar-refractivity contribution in [3.63, 3.8) is 0 Å². The van der Waals surface area contributed by atoms with Crippen molar-refractivity contribution >= 4 is 16.9 Å². The van der Waals surface area contributed by atoms with E-state index in [1.54, 1.807) is 40.9 Å². The number of ether oxygens (including phenoxy) is 1. The third-order valence-corrected chi connectivity index (χ3v) is 5.06. The Balaban J connectivity index is 1.71. The summed E-state index contributed by atoms with van der Waals surface area (Å²) >= 11 is 0. The summed E-state index contributed by atoms with van der Waals surface area (Å²) in [5.41, 5.74) is 1.26. The molecule has 0 unspecified atom stereocenters. The largest absolute Gasteiger partial charge is 0.488 e. The SMILES string of the molecule is CN(C)c1cc(COc2ccc(-c3cc4c(ncn4C)c(C#N)n3)cc2C(F)(F)F)ccn1. The molecule has 0 atom stereocenters. The van der Waals surface area contributed by atoms with Crippen LogP contribution in [0.5, 0.6) is 5.75 Å². The third kappa shape index (κ3) is 4.43. The lowest BCUT2D eigenvalue weighted by molar-refractivity contribution is -0.139. The molecule has 0 bridgehead atoms. The summed E-state index contributed by atoms with van der Waals surface area (Å²) in [6.45, 7) is -0.0520. The van der Waals surface area contributed by atoms with Gasteiger partial charge in [0.2, 0.25) is 0 Å². The predicted octanol–water partition coefficient (Wildman–Crippen LogP) is 4.57. The van der Waals surface area contributed by atoms with Gasteiger partial charge in [0.25, 0.3) is 0 Å². The van der Waals surface area contributed by atoms with Crippen LogP contribution in [0.1, 0.15) is 16.8 Å². The molecule has 168 valence electrons. The first-order chi connectivity index (χ1) is 15.7. The van der Waals surface area contributed by atoms with Gasteiger partial charge in [-0.1, -0.05) is 0 Å². The maximum absolute atomic E-state index is 13.9. The molecule has 0 amide bonds. The van der Waals surface area contributed by atoms with Crippen LogP contribution in [0.2, 0.25) is 0 Å². The number of benzene rings is 1. The number of nitriles is 1. The molecule has 7 nitrogen and oxygen atoms in total. The van der Waals surface area contributed by atoms with Gasteiger partial charge in [-0.3, -0.25) is 0 Å². The summed E-state index contributed by atoms with van der Waals surface area (Å²) in [6, 6.07) is 10.8. The van der Waals surface area contributed by atoms with Gasteiger partial charge in [-0.25, -0.2) is 15.0 Å². The fourth-order valence-electron chi connectivity index (χ4n) is 3.35. The number of anilines is 1. The number of fused-ring (bicyclic) bond motifs is 1. The molecule has 4 aromatic rings. The summed E-state index contributed by atoms with van der Waals surface area (Å²) in [6.07, 6.45) is -1.54. The van der Waals surface area contributed by atoms with E-state index in [9.17, 15) is 18.4 Å². The molecule has 0 radical (unpaired) electrons. The molecule has 0 aliphatic rings. The Morgan fingerprint density at radius 3 is 2.61 bits per heavy atom. The third-order valence-electron chi connectivity index (χ3n) is 5.06. The molecule has 3 aromatic heterocycles. The maximum Gasteiger partial charge on any atom is 0.419 e. The number of imidazole rings is 1. The van der Waals surface area contributed by atoms with Crippen LogP contribution in [0, 0.1) is 11.3 Å². The Bertz CT molecular complexity index is 1370. The summed E-state index contributed by atoms with van der Waals surface area (Å²) in [5.74, 6) is 0.379. The average Bonchev–Trinajstić information content (AvgIpc) is 3.17. The van der Waals surface area contributed by atoms with E-state index in [1.165, 1.54) is 18.5 Å². The number of hydrogen-bond acceptors (Lipinski definition) is 6. The fraction of sp³-hybridized carbons (Fsp3) is 0.217. The highest BCUT2D eigenvalue weighted by molar-refractivity contribution is 5.84. The minimum absolute atomic E-state index is 0.0476. The van der Waals surface area contributed by atoms with Gasteiger partial charge in [-0.15, -0.1) is 0 Å². The average molecular weight is 452 g/mol. The second-order valence-electron chi connectivity index (χ2n) is 7.61. The van der Waals surface area contributed by atoms with Gasteiger partial charge in [0.1, 0.15) is 29.8 Å². The zero-order valence-electron chi connectivity index (χ0n) is 18.1. The number of hydrogen-bond donors (Lipinski definition) is 0. The standard InChI is InChI=1S/C23H19F3N6O/c1-31(2)21-8-14(6-7-28-21)12-33-20-5-4-15(9-16(20)23(24,25)26)17-10-19-22(18(11-27)30-17)29-13-32(19)3/h4-10,13H,12H2,1-3H3. The molecule has 4 rings (SSSR count). The first-order valence-electron chi connectivity index (χ1n) is 9.86. The fourth-order valence-corrected chi connectivity index (χ4v) is 3.35. The lowest BCUT2D eigenvalue weighted by Crippen LogP contribution is -2.12. The molecule has 0 aliphatic carbocycles. The topological polar surface area (TPSA) is 79.9 Å². The van der Waals surface area contributed by atoms with Gasteiger partial charge in [0, 0.05) is 32.9 Å². The number of aryl methyl sites for hydroxylation is 1. The first-order valence-corrected chi connectivity index (χ1v) is 9.86. The Kier molecular flexibility index (Phi) is 5.64. The van der Waals surface area contributed by atoms with Crippen molar-refractivity contribution in [2.45, 2.75) is 12.8 Å². The van der Waals surface area contributed by atoms with Crippen LogP contribution < -0.4 is 9.64 Å². The number of nitrogens with zero attached hydrogens (tertiary/aromatic N) is 6. The molecule has 1 aromatic carbocycles. The van der Waals surface area contributed by atoms with E-state index in [4.69, 9.17) is 4.74 Å². The highest BCUT2D eigenvalue weighted by Gasteiger charge is 2.35. The molecule has 0 aliphatic heterocycles. The van der Waals surface area contributed by atoms with Gasteiger partial charge in [0.15, 0.2) is 5.69 Å². The lowest BCUT2D eigenvalue weighted by atomic mass is 10.0. The smallest absolute Gasteiger partial charge is 0.419 e. The summed E-state index contributed by atoms with van der Waals surface area (Å²) in [5, 5.41) is 9.41. The zero-order valence-corrected chi connectivity index (χ0v) is 18.1. The van der Waals surface area contributed by atoms with Crippen molar-refractivity contribution in [2.75, 3.05) is 19.0 Å². The van der Waals surface area contributed by atoms with Crippen LogP contribution in [-0.4, -0.2) is 33.6 Å². The van der Waals surface area contributed by atoms with Crippen LogP contribution in [0.3, 0.4) is 0 Å². The van der Waals surface area contributed by atoms with Crippen molar-refractivity contribution in [2.24, 2.45) is 7.05 Å². The molecule has 0 N–H and O–H groups in total. The van der Waals surface area contributed by atoms with E-state index in [1.807, 2.05) is 20.2 Å². The number of alkyl halides is 3. The zero-order chi connectivity index (χ0) is 23.8. The summed E-state index contributed by atoms with van der Waals surface area (Å²) in [4.78, 5) is 14.3. The molecular formula is C23H19F3N6O. The number of halogens is 3. The van der Waals surface area contributed by atoms with E-state index in [0.717, 1.165) is 6.07 Å². The lowest BCUT2D eigenvalue weighted by Gasteiger charge is -2.16. The monoisotopic (exact) mass is 452 g/mol. The van der Waals surface area contributed by atoms with E-state index in [-0.39, 0.29) is 29.3 Å². The van der Waals surface area contributed by atoms with Gasteiger partial charge in [-0.2, -0.15) is 18.4 Å². The molecule has 0 saturated carbocycles. The predicted molar refractivity (Wildman–Crippen MR) is 117 cm³/mol. The highest BCUT2D eigenvalue weighted by atomic mass is 19.4. The van der Waals surface area contributed by atoms with Crippen molar-refractivity contribution in [1.29, 1.82) is 5.26 Å². The van der Waals surface area contributed by atoms with Crippen LogP contribution in [0.15, 0.2) is 48.9 Å². The normalized spacial score (nSPS) is 11.4. The van der Waals surface area contributed by atoms with E-state index in [2.05, 4.69) is 15.0 Å². The van der Waals surface area contributed by atoms with Crippen molar-refractivity contribution in [3.8, 4) is 23.1 Å². The van der Waals surface area contributed by atoms with E-state index < -0.39 is 11.7 Å². The summed E-state index contributed by atoms with van der Waals surface area (Å²) in [7, 11) is 5.38. The van der Waals surface area contributed by atoms with E-state index in [0.29, 0.717) is 22.4 Å². The number of rotatable bonds is 5. The maximum atomic E-state index is 13.9. The van der Waals surface area contributed by atoms with Crippen molar-refractivity contribution < 1.29 is 17.9 Å². The first kappa shape index (κ1) is 22.1. The Morgan fingerprint density at radius 1 is 1.12 bits per heavy atom. The molecular weight excluding hydrogens is 433 g/mol. The minimum atomic E-state index is -4.65. The second kappa shape index (κ2) is 8.43. The quantitative estimate of drug-likeness (QED) is 0.442. The molecule has 0 saturated heterocycles. The van der Waals surface area contributed by atoms with Gasteiger partial charge in [0.05, 0.1) is 23.1 Å².